The van der Waals surface area contributed by atoms with Crippen LogP contribution in [0.25, 0.3) is 0 Å². The number of carboxylic acid groups (broad SMARTS) is 1. The second-order valence-corrected chi connectivity index (χ2v) is 27.4. The second kappa shape index (κ2) is 23.8. The van der Waals surface area contributed by atoms with Crippen LogP contribution in [0, 0.1) is 50.2 Å². The number of carboxylic acids is 1. The Morgan fingerprint density at radius 3 is 1.81 bits per heavy atom. The Hall–Kier alpha value is -2.42. The average Bonchev–Trinajstić information content (AvgIpc) is 2.98. The van der Waals surface area contributed by atoms with E-state index >= 15 is 0 Å². The Morgan fingerprint density at radius 2 is 1.24 bits per heavy atom. The van der Waals surface area contributed by atoms with Crippen LogP contribution < -0.4 is 0 Å². The van der Waals surface area contributed by atoms with Crippen LogP contribution in [-0.2, 0) is 52.2 Å². The van der Waals surface area contributed by atoms with Gasteiger partial charge in [0.05, 0.1) is 32.5 Å². The Morgan fingerprint density at radius 1 is 0.651 bits per heavy atom. The third kappa shape index (κ3) is 10.7. The number of fused-ring (bicyclic) bond motifs is 7. The minimum absolute atomic E-state index is 0.0655. The molecule has 83 heavy (non-hydrogen) atoms. The molecule has 0 aromatic heterocycles. The lowest BCUT2D eigenvalue weighted by molar-refractivity contribution is -0.401. The van der Waals surface area contributed by atoms with Gasteiger partial charge in [-0.3, -0.25) is 0 Å². The van der Waals surface area contributed by atoms with Crippen LogP contribution in [0.5, 0.6) is 0 Å². The van der Waals surface area contributed by atoms with Crippen LogP contribution in [-0.4, -0.2) is 245 Å². The first-order valence-corrected chi connectivity index (χ1v) is 29.4. The highest BCUT2D eigenvalue weighted by molar-refractivity contribution is 5.87. The molecule has 0 unspecified atom stereocenters. The number of carbonyl (C=O) groups is 2. The first-order valence-electron chi connectivity index (χ1n) is 29.4. The Kier molecular flexibility index (Phi) is 18.7. The topological polar surface area (TPSA) is 400 Å². The number of hydrogen-bond acceptors (Lipinski definition) is 24. The lowest BCUT2D eigenvalue weighted by Gasteiger charge is -2.73. The summed E-state index contributed by atoms with van der Waals surface area (Å²) in [5.41, 5.74) is -2.32. The summed E-state index contributed by atoms with van der Waals surface area (Å²) < 4.78 is 55.2. The maximum atomic E-state index is 13.8. The van der Waals surface area contributed by atoms with Gasteiger partial charge in [0.15, 0.2) is 31.3 Å². The van der Waals surface area contributed by atoms with Gasteiger partial charge in [0.1, 0.15) is 97.7 Å². The van der Waals surface area contributed by atoms with Crippen molar-refractivity contribution in [3.8, 4) is 0 Å². The van der Waals surface area contributed by atoms with E-state index in [1.54, 1.807) is 19.9 Å². The molecule has 4 saturated carbocycles. The van der Waals surface area contributed by atoms with Crippen LogP contribution in [0.1, 0.15) is 114 Å². The minimum atomic E-state index is -2.24. The van der Waals surface area contributed by atoms with Crippen molar-refractivity contribution in [2.24, 2.45) is 50.2 Å². The van der Waals surface area contributed by atoms with Crippen molar-refractivity contribution in [2.45, 2.75) is 249 Å². The van der Waals surface area contributed by atoms with Crippen molar-refractivity contribution in [2.75, 3.05) is 26.4 Å². The van der Waals surface area contributed by atoms with Crippen LogP contribution in [0.15, 0.2) is 23.3 Å². The molecule has 0 aromatic carbocycles. The quantitative estimate of drug-likeness (QED) is 0.0413. The number of rotatable bonds is 14. The minimum Gasteiger partial charge on any atom is -0.479 e. The van der Waals surface area contributed by atoms with Gasteiger partial charge in [-0.2, -0.15) is 0 Å². The summed E-state index contributed by atoms with van der Waals surface area (Å²) in [6.07, 6.45) is -30.6. The van der Waals surface area contributed by atoms with Gasteiger partial charge in [0, 0.05) is 16.4 Å². The van der Waals surface area contributed by atoms with E-state index in [-0.39, 0.29) is 29.8 Å². The Bertz CT molecular complexity index is 2380. The molecular weight excluding hydrogens is 1100 g/mol. The zero-order valence-corrected chi connectivity index (χ0v) is 48.8. The van der Waals surface area contributed by atoms with Crippen molar-refractivity contribution in [3.63, 3.8) is 0 Å². The lowest BCUT2D eigenvalue weighted by Crippen LogP contribution is -2.72. The van der Waals surface area contributed by atoms with Crippen molar-refractivity contribution in [1.82, 2.24) is 0 Å². The zero-order valence-electron chi connectivity index (χ0n) is 48.8. The number of hydrogen-bond donors (Lipinski definition) is 14. The van der Waals surface area contributed by atoms with Crippen LogP contribution in [0.3, 0.4) is 0 Å². The zero-order chi connectivity index (χ0) is 61.0. The van der Waals surface area contributed by atoms with E-state index in [0.29, 0.717) is 44.1 Å². The van der Waals surface area contributed by atoms with Crippen LogP contribution >= 0.6 is 0 Å². The molecule has 0 radical (unpaired) electrons. The van der Waals surface area contributed by atoms with E-state index in [4.69, 9.17) is 42.6 Å². The number of ether oxygens (including phenoxy) is 9. The predicted octanol–water partition coefficient (Wildman–Crippen LogP) is -1.37. The van der Waals surface area contributed by atoms with Gasteiger partial charge < -0.3 is 114 Å². The highest BCUT2D eigenvalue weighted by atomic mass is 16.8. The maximum Gasteiger partial charge on any atom is 0.335 e. The van der Waals surface area contributed by atoms with Crippen molar-refractivity contribution >= 4 is 11.9 Å². The van der Waals surface area contributed by atoms with Crippen molar-refractivity contribution in [3.05, 3.63) is 23.3 Å². The SMILES string of the molecule is C/C=C(/C)C(=O)O[C@@H]1[C@H](O)[C@]2(C)C(=CC[C@@H]3[C@@]4(C)CC[C@H](O[C@@H]5O[C@H](C(=O)O)[C@@H](O)[C@H](O[C@@H]6OC[C@H](O)[C@@H](O)[C@@H]6O[C@@H]6O[C@H](CO)[C@@H](O)[C@H](O)[C@H]6O)[C@H]5O[C@@H]5O[C@H](CO)[C@@H](O)[C@H](O)[C@H]5O)C(C)(C)[C@@H]4CC[C@]32C)[C@@H]2CC(C)(C)CC[C@]12CO. The summed E-state index contributed by atoms with van der Waals surface area (Å²) >= 11 is 0. The molecule has 14 N–H and O–H groups in total. The van der Waals surface area contributed by atoms with Gasteiger partial charge in [-0.1, -0.05) is 66.2 Å². The van der Waals surface area contributed by atoms with E-state index < -0.39 is 194 Å². The van der Waals surface area contributed by atoms with Crippen LogP contribution in [0.2, 0.25) is 0 Å². The van der Waals surface area contributed by atoms with E-state index in [1.165, 1.54) is 0 Å². The molecule has 4 saturated heterocycles. The largest absolute Gasteiger partial charge is 0.479 e. The molecule has 9 rings (SSSR count). The van der Waals surface area contributed by atoms with Gasteiger partial charge in [-0.25, -0.2) is 9.59 Å². The Balaban J connectivity index is 1.05. The van der Waals surface area contributed by atoms with Gasteiger partial charge in [-0.15, -0.1) is 0 Å². The molecule has 5 aliphatic carbocycles. The molecule has 9 aliphatic rings. The van der Waals surface area contributed by atoms with Crippen LogP contribution in [0.4, 0.5) is 0 Å². The molecule has 4 aliphatic heterocycles. The Labute approximate surface area is 483 Å². The first-order chi connectivity index (χ1) is 38.8. The van der Waals surface area contributed by atoms with E-state index in [0.717, 1.165) is 18.4 Å². The fourth-order valence-electron chi connectivity index (χ4n) is 16.9. The normalized spacial score (nSPS) is 51.5. The molecule has 0 bridgehead atoms. The summed E-state index contributed by atoms with van der Waals surface area (Å²) in [6, 6.07) is 0. The highest BCUT2D eigenvalue weighted by Gasteiger charge is 2.74. The second-order valence-electron chi connectivity index (χ2n) is 27.4. The highest BCUT2D eigenvalue weighted by Crippen LogP contribution is 2.76. The van der Waals surface area contributed by atoms with Crippen molar-refractivity contribution < 1.29 is 124 Å². The monoisotopic (exact) mass is 1190 g/mol. The average molecular weight is 1190 g/mol. The third-order valence-corrected chi connectivity index (χ3v) is 22.2. The van der Waals surface area contributed by atoms with Crippen molar-refractivity contribution in [1.29, 1.82) is 0 Å². The van der Waals surface area contributed by atoms with E-state index in [1.807, 2.05) is 13.8 Å². The molecule has 25 nitrogen and oxygen atoms in total. The molecule has 0 amide bonds. The summed E-state index contributed by atoms with van der Waals surface area (Å²) in [6.45, 7) is 15.8. The van der Waals surface area contributed by atoms with Gasteiger partial charge in [0.25, 0.3) is 0 Å². The first kappa shape index (κ1) is 65.0. The molecule has 0 aromatic rings. The fraction of sp³-hybridized carbons (Fsp3) is 0.897. The van der Waals surface area contributed by atoms with E-state index in [9.17, 15) is 81.1 Å². The summed E-state index contributed by atoms with van der Waals surface area (Å²) in [4.78, 5) is 27.0. The summed E-state index contributed by atoms with van der Waals surface area (Å²) in [5.74, 6) is -2.65. The molecule has 474 valence electrons. The fourth-order valence-corrected chi connectivity index (χ4v) is 16.9. The number of aliphatic carboxylic acids is 1. The maximum absolute atomic E-state index is 13.8. The molecule has 0 spiro atoms. The number of esters is 1. The molecule has 29 atom stereocenters. The van der Waals surface area contributed by atoms with Gasteiger partial charge >= 0.3 is 11.9 Å². The molecular formula is C58H92O25. The molecule has 8 fully saturated rings. The van der Waals surface area contributed by atoms with Gasteiger partial charge in [0.2, 0.25) is 0 Å². The summed E-state index contributed by atoms with van der Waals surface area (Å²) in [5, 5.41) is 155. The van der Waals surface area contributed by atoms with Gasteiger partial charge in [-0.05, 0) is 105 Å². The predicted molar refractivity (Wildman–Crippen MR) is 283 cm³/mol. The summed E-state index contributed by atoms with van der Waals surface area (Å²) in [7, 11) is 0. The smallest absolute Gasteiger partial charge is 0.335 e. The molecule has 25 heteroatoms. The number of carbonyl (C=O) groups excluding carboxylic acids is 1. The number of aliphatic hydroxyl groups excluding tert-OH is 13. The lowest BCUT2D eigenvalue weighted by atomic mass is 9.32. The number of allylic oxidation sites excluding steroid dienone is 2. The number of aliphatic hydroxyl groups is 13. The van der Waals surface area contributed by atoms with E-state index in [2.05, 4.69) is 40.7 Å². The standard InChI is InChI=1S/C58H92O25/c1-10-24(2)48(74)83-46-45(71)57(9)25(26-19-53(3,4)17-18-58(26,46)23-61)11-12-31-55(7)15-14-32(54(5,6)30(55)13-16-56(31,57)8)78-52-44(82-50-39(69)37(67)35(65)29(21-60)77-50)41(40(70)42(80-52)47(72)73)79-51-43(33(63)27(62)22-75-51)81-49-38(68)36(66)34(64)28(20-59)76-49/h10-11,26-46,49-52,59-71H,12-23H2,1-9H3,(H,72,73)/b24-10-/t26-,27-,28+,29+,30-,31+,32-,33+,34+,35+,36-,37-,38+,39+,40-,41-,42-,43-,44+,45-,46+,49-,50-,51-,52+,55-,56+,57-,58+/m0/s1. The third-order valence-electron chi connectivity index (χ3n) is 22.2. The molecule has 4 heterocycles.